The van der Waals surface area contributed by atoms with Gasteiger partial charge in [0.2, 0.25) is 0 Å². The zero-order valence-electron chi connectivity index (χ0n) is 26.0. The van der Waals surface area contributed by atoms with Crippen molar-refractivity contribution in [3.63, 3.8) is 0 Å². The fourth-order valence-corrected chi connectivity index (χ4v) is 5.31. The van der Waals surface area contributed by atoms with Crippen molar-refractivity contribution in [2.45, 2.75) is 91.4 Å². The summed E-state index contributed by atoms with van der Waals surface area (Å²) in [6, 6.07) is 19.6. The first-order valence-corrected chi connectivity index (χ1v) is 16.0. The molecule has 0 aliphatic carbocycles. The summed E-state index contributed by atoms with van der Waals surface area (Å²) < 4.78 is 32.1. The summed E-state index contributed by atoms with van der Waals surface area (Å²) in [5.41, 5.74) is 1.93. The van der Waals surface area contributed by atoms with Crippen LogP contribution in [0.15, 0.2) is 66.7 Å². The van der Waals surface area contributed by atoms with Crippen LogP contribution in [0.1, 0.15) is 102 Å². The predicted molar refractivity (Wildman–Crippen MR) is 171 cm³/mol. The Balaban J connectivity index is 1.71. The van der Waals surface area contributed by atoms with E-state index in [9.17, 15) is 9.59 Å². The molecule has 3 rings (SSSR count). The molecule has 0 bridgehead atoms. The van der Waals surface area contributed by atoms with Gasteiger partial charge in [-0.1, -0.05) is 121 Å². The Bertz CT molecular complexity index is 1250. The molecule has 6 heteroatoms. The summed E-state index contributed by atoms with van der Waals surface area (Å²) in [6.45, 7) is 7.20. The Labute approximate surface area is 256 Å². The van der Waals surface area contributed by atoms with E-state index in [1.807, 2.05) is 42.5 Å². The number of hydrogen-bond acceptors (Lipinski definition) is 5. The number of carbonyl (C=O) groups is 2. The first-order valence-electron chi connectivity index (χ1n) is 16.0. The zero-order chi connectivity index (χ0) is 30.9. The number of unbranched alkanes of at least 4 members (excludes halogenated alkanes) is 6. The molecule has 0 aliphatic rings. The van der Waals surface area contributed by atoms with Crippen molar-refractivity contribution in [1.82, 2.24) is 0 Å². The van der Waals surface area contributed by atoms with Gasteiger partial charge in [0.1, 0.15) is 11.6 Å². The summed E-state index contributed by atoms with van der Waals surface area (Å²) in [7, 11) is 0. The van der Waals surface area contributed by atoms with Crippen LogP contribution < -0.4 is 4.74 Å². The van der Waals surface area contributed by atoms with Crippen LogP contribution in [0.2, 0.25) is 0 Å². The van der Waals surface area contributed by atoms with Gasteiger partial charge in [-0.3, -0.25) is 0 Å². The van der Waals surface area contributed by atoms with E-state index in [-0.39, 0.29) is 23.7 Å². The number of halogens is 1. The number of hydrogen-bond donors (Lipinski definition) is 0. The lowest BCUT2D eigenvalue weighted by atomic mass is 9.92. The molecule has 232 valence electrons. The summed E-state index contributed by atoms with van der Waals surface area (Å²) in [4.78, 5) is 25.2. The van der Waals surface area contributed by atoms with E-state index in [2.05, 4.69) is 20.8 Å². The van der Waals surface area contributed by atoms with E-state index >= 15 is 4.39 Å². The van der Waals surface area contributed by atoms with Crippen LogP contribution in [0, 0.1) is 11.7 Å². The van der Waals surface area contributed by atoms with Gasteiger partial charge < -0.3 is 14.2 Å². The van der Waals surface area contributed by atoms with Gasteiger partial charge in [0.05, 0.1) is 18.8 Å². The molecule has 0 radical (unpaired) electrons. The van der Waals surface area contributed by atoms with E-state index in [0.29, 0.717) is 17.7 Å². The van der Waals surface area contributed by atoms with Gasteiger partial charge in [-0.05, 0) is 60.1 Å². The fourth-order valence-electron chi connectivity index (χ4n) is 5.31. The van der Waals surface area contributed by atoms with Crippen LogP contribution in [0.25, 0.3) is 22.3 Å². The second-order valence-corrected chi connectivity index (χ2v) is 11.1. The third-order valence-corrected chi connectivity index (χ3v) is 7.61. The number of benzene rings is 3. The molecule has 0 unspecified atom stereocenters. The molecule has 0 fully saturated rings. The molecule has 0 saturated carbocycles. The summed E-state index contributed by atoms with van der Waals surface area (Å²) in [6.07, 6.45) is 11.2. The Morgan fingerprint density at radius 3 is 2.02 bits per heavy atom. The molecule has 0 aliphatic heterocycles. The van der Waals surface area contributed by atoms with Crippen molar-refractivity contribution < 1.29 is 28.2 Å². The Morgan fingerprint density at radius 1 is 0.721 bits per heavy atom. The zero-order valence-corrected chi connectivity index (χ0v) is 26.0. The smallest absolute Gasteiger partial charge is 0.494 e. The standard InChI is InChI=1S/C37H47FO5/c1-4-7-8-9-10-11-15-26-41-31-22-20-29(21-23-31)32-24-25-33(35(38)34(32)30-18-13-12-14-19-30)36(39)43-37(40)42-27-28(16-5-2)17-6-3/h12-14,18-25,28H,4-11,15-17,26-27H2,1-3H3. The van der Waals surface area contributed by atoms with Gasteiger partial charge in [0.25, 0.3) is 0 Å². The largest absolute Gasteiger partial charge is 0.516 e. The van der Waals surface area contributed by atoms with Gasteiger partial charge in [-0.25, -0.2) is 14.0 Å². The van der Waals surface area contributed by atoms with Gasteiger partial charge in [-0.2, -0.15) is 0 Å². The number of rotatable bonds is 18. The lowest BCUT2D eigenvalue weighted by Crippen LogP contribution is -2.19. The van der Waals surface area contributed by atoms with E-state index in [1.54, 1.807) is 18.2 Å². The topological polar surface area (TPSA) is 61.8 Å². The quantitative estimate of drug-likeness (QED) is 0.0838. The first kappa shape index (κ1) is 33.8. The second-order valence-electron chi connectivity index (χ2n) is 11.1. The highest BCUT2D eigenvalue weighted by Gasteiger charge is 2.24. The monoisotopic (exact) mass is 590 g/mol. The molecule has 43 heavy (non-hydrogen) atoms. The molecule has 0 atom stereocenters. The average Bonchev–Trinajstić information content (AvgIpc) is 3.02. The third-order valence-electron chi connectivity index (χ3n) is 7.61. The summed E-state index contributed by atoms with van der Waals surface area (Å²) in [5, 5.41) is 0. The molecule has 5 nitrogen and oxygen atoms in total. The van der Waals surface area contributed by atoms with Crippen molar-refractivity contribution >= 4 is 12.1 Å². The van der Waals surface area contributed by atoms with Crippen LogP contribution in [-0.2, 0) is 9.47 Å². The minimum absolute atomic E-state index is 0.170. The van der Waals surface area contributed by atoms with Crippen LogP contribution in [0.3, 0.4) is 0 Å². The minimum Gasteiger partial charge on any atom is -0.494 e. The van der Waals surface area contributed by atoms with E-state index < -0.39 is 17.9 Å². The van der Waals surface area contributed by atoms with Crippen LogP contribution >= 0.6 is 0 Å². The molecule has 0 spiro atoms. The lowest BCUT2D eigenvalue weighted by Gasteiger charge is -2.16. The normalized spacial score (nSPS) is 11.0. The Hall–Kier alpha value is -3.67. The molecular formula is C37H47FO5. The first-order chi connectivity index (χ1) is 21.0. The molecule has 3 aromatic rings. The van der Waals surface area contributed by atoms with Gasteiger partial charge >= 0.3 is 12.1 Å². The van der Waals surface area contributed by atoms with Crippen molar-refractivity contribution in [1.29, 1.82) is 0 Å². The van der Waals surface area contributed by atoms with Crippen LogP contribution in [0.5, 0.6) is 5.75 Å². The van der Waals surface area contributed by atoms with Crippen LogP contribution in [-0.4, -0.2) is 25.3 Å². The fraction of sp³-hybridized carbons (Fsp3) is 0.459. The highest BCUT2D eigenvalue weighted by Crippen LogP contribution is 2.36. The molecule has 0 amide bonds. The SMILES string of the molecule is CCCCCCCCCOc1ccc(-c2ccc(C(=O)OC(=O)OCC(CCC)CCC)c(F)c2-c2ccccc2)cc1. The minimum atomic E-state index is -1.11. The Kier molecular flexibility index (Phi) is 14.8. The number of esters is 1. The third kappa shape index (κ3) is 10.8. The van der Waals surface area contributed by atoms with Gasteiger partial charge in [-0.15, -0.1) is 0 Å². The van der Waals surface area contributed by atoms with Crippen molar-refractivity contribution in [3.8, 4) is 28.0 Å². The predicted octanol–water partition coefficient (Wildman–Crippen LogP) is 10.8. The van der Waals surface area contributed by atoms with E-state index in [0.717, 1.165) is 49.8 Å². The van der Waals surface area contributed by atoms with Crippen molar-refractivity contribution in [2.75, 3.05) is 13.2 Å². The second kappa shape index (κ2) is 18.8. The van der Waals surface area contributed by atoms with Crippen molar-refractivity contribution in [3.05, 3.63) is 78.1 Å². The Morgan fingerprint density at radius 2 is 1.37 bits per heavy atom. The van der Waals surface area contributed by atoms with E-state index in [4.69, 9.17) is 14.2 Å². The maximum atomic E-state index is 16.1. The molecule has 0 N–H and O–H groups in total. The molecular weight excluding hydrogens is 543 g/mol. The van der Waals surface area contributed by atoms with Crippen molar-refractivity contribution in [2.24, 2.45) is 5.92 Å². The lowest BCUT2D eigenvalue weighted by molar-refractivity contribution is 0.0321. The molecule has 0 aromatic heterocycles. The summed E-state index contributed by atoms with van der Waals surface area (Å²) >= 11 is 0. The maximum absolute atomic E-state index is 16.1. The maximum Gasteiger partial charge on any atom is 0.516 e. The number of carbonyl (C=O) groups excluding carboxylic acids is 2. The highest BCUT2D eigenvalue weighted by molar-refractivity contribution is 5.98. The molecule has 0 heterocycles. The highest BCUT2D eigenvalue weighted by atomic mass is 19.1. The van der Waals surface area contributed by atoms with Gasteiger partial charge in [0, 0.05) is 5.56 Å². The van der Waals surface area contributed by atoms with E-state index in [1.165, 1.54) is 38.2 Å². The molecule has 3 aromatic carbocycles. The molecule has 0 saturated heterocycles. The summed E-state index contributed by atoms with van der Waals surface area (Å²) in [5.74, 6) is -0.871. The number of ether oxygens (including phenoxy) is 3. The average molecular weight is 591 g/mol. The van der Waals surface area contributed by atoms with Crippen LogP contribution in [0.4, 0.5) is 9.18 Å². The van der Waals surface area contributed by atoms with Gasteiger partial charge in [0.15, 0.2) is 0 Å².